The molecule has 0 saturated carbocycles. The first-order chi connectivity index (χ1) is 10.3. The van der Waals surface area contributed by atoms with E-state index in [0.717, 1.165) is 26.3 Å². The van der Waals surface area contributed by atoms with E-state index in [9.17, 15) is 5.11 Å². The van der Waals surface area contributed by atoms with Gasteiger partial charge in [0.15, 0.2) is 5.58 Å². The number of benzene rings is 2. The summed E-state index contributed by atoms with van der Waals surface area (Å²) in [5.41, 5.74) is 2.48. The van der Waals surface area contributed by atoms with Crippen molar-refractivity contribution in [3.63, 3.8) is 0 Å². The van der Waals surface area contributed by atoms with Crippen molar-refractivity contribution in [2.45, 2.75) is 0 Å². The van der Waals surface area contributed by atoms with E-state index in [4.69, 9.17) is 4.42 Å². The van der Waals surface area contributed by atoms with Crippen molar-refractivity contribution in [3.8, 4) is 5.75 Å². The summed E-state index contributed by atoms with van der Waals surface area (Å²) in [7, 11) is 0. The molecule has 4 aromatic rings. The second-order valence-corrected chi connectivity index (χ2v) is 5.62. The fourth-order valence-corrected chi connectivity index (χ4v) is 3.01. The van der Waals surface area contributed by atoms with Crippen LogP contribution in [0.3, 0.4) is 0 Å². The average molecular weight is 294 g/mol. The fourth-order valence-electron chi connectivity index (χ4n) is 2.11. The number of hydrogen-bond acceptors (Lipinski definition) is 5. The Bertz CT molecular complexity index is 936. The number of nitrogens with zero attached hydrogens (tertiary/aromatic N) is 2. The van der Waals surface area contributed by atoms with Crippen molar-refractivity contribution in [3.05, 3.63) is 53.4 Å². The molecular weight excluding hydrogens is 284 g/mol. The lowest BCUT2D eigenvalue weighted by atomic mass is 10.3. The molecule has 0 bridgehead atoms. The molecule has 0 aliphatic heterocycles. The van der Waals surface area contributed by atoms with Crippen LogP contribution in [0.2, 0.25) is 0 Å². The minimum absolute atomic E-state index is 0.251. The van der Waals surface area contributed by atoms with Crippen LogP contribution in [0.15, 0.2) is 46.9 Å². The minimum atomic E-state index is 0.251. The van der Waals surface area contributed by atoms with Crippen LogP contribution in [-0.2, 0) is 0 Å². The summed E-state index contributed by atoms with van der Waals surface area (Å²) in [6.45, 7) is 0. The van der Waals surface area contributed by atoms with Gasteiger partial charge in [0.1, 0.15) is 16.3 Å². The number of aromatic hydroxyl groups is 1. The van der Waals surface area contributed by atoms with Crippen LogP contribution in [0, 0.1) is 0 Å². The number of phenols is 1. The molecule has 1 N–H and O–H groups in total. The summed E-state index contributed by atoms with van der Waals surface area (Å²) >= 11 is 1.51. The van der Waals surface area contributed by atoms with E-state index in [1.807, 2.05) is 30.3 Å². The Morgan fingerprint density at radius 2 is 1.90 bits per heavy atom. The van der Waals surface area contributed by atoms with E-state index < -0.39 is 0 Å². The van der Waals surface area contributed by atoms with Gasteiger partial charge in [0.2, 0.25) is 5.89 Å². The molecule has 0 atom stereocenters. The first kappa shape index (κ1) is 12.1. The first-order valence-electron chi connectivity index (χ1n) is 6.41. The second kappa shape index (κ2) is 4.71. The molecule has 0 unspecified atom stereocenters. The van der Waals surface area contributed by atoms with Crippen molar-refractivity contribution in [2.75, 3.05) is 0 Å². The maximum absolute atomic E-state index is 9.46. The normalized spacial score (nSPS) is 11.8. The van der Waals surface area contributed by atoms with Crippen molar-refractivity contribution in [1.82, 2.24) is 9.97 Å². The highest BCUT2D eigenvalue weighted by Crippen LogP contribution is 2.27. The van der Waals surface area contributed by atoms with Gasteiger partial charge in [-0.3, -0.25) is 0 Å². The lowest BCUT2D eigenvalue weighted by molar-refractivity contribution is 0.476. The number of oxazole rings is 1. The maximum Gasteiger partial charge on any atom is 0.220 e. The molecule has 0 aliphatic carbocycles. The van der Waals surface area contributed by atoms with Gasteiger partial charge in [-0.1, -0.05) is 12.1 Å². The predicted octanol–water partition coefficient (Wildman–Crippen LogP) is 4.31. The molecule has 2 aromatic heterocycles. The molecule has 0 saturated heterocycles. The van der Waals surface area contributed by atoms with Gasteiger partial charge in [0.05, 0.1) is 10.2 Å². The number of rotatable bonds is 2. The maximum atomic E-state index is 9.46. The van der Waals surface area contributed by atoms with Crippen LogP contribution < -0.4 is 0 Å². The van der Waals surface area contributed by atoms with Crippen LogP contribution in [0.1, 0.15) is 10.9 Å². The SMILES string of the molecule is Oc1ccc2nc(/C=C/c3nc4ccccc4o3)sc2c1. The molecule has 4 nitrogen and oxygen atoms in total. The van der Waals surface area contributed by atoms with Crippen molar-refractivity contribution < 1.29 is 9.52 Å². The molecule has 0 spiro atoms. The Morgan fingerprint density at radius 1 is 1.00 bits per heavy atom. The fraction of sp³-hybridized carbons (Fsp3) is 0. The molecular formula is C16H10N2O2S. The van der Waals surface area contributed by atoms with Crippen LogP contribution in [0.5, 0.6) is 5.75 Å². The van der Waals surface area contributed by atoms with Gasteiger partial charge in [0, 0.05) is 6.08 Å². The van der Waals surface area contributed by atoms with Gasteiger partial charge in [-0.05, 0) is 36.4 Å². The summed E-state index contributed by atoms with van der Waals surface area (Å²) in [4.78, 5) is 8.85. The zero-order valence-electron chi connectivity index (χ0n) is 10.9. The van der Waals surface area contributed by atoms with Gasteiger partial charge < -0.3 is 9.52 Å². The summed E-state index contributed by atoms with van der Waals surface area (Å²) < 4.78 is 6.57. The van der Waals surface area contributed by atoms with Gasteiger partial charge in [0.25, 0.3) is 0 Å². The summed E-state index contributed by atoms with van der Waals surface area (Å²) in [5.74, 6) is 0.805. The lowest BCUT2D eigenvalue weighted by Gasteiger charge is -1.87. The van der Waals surface area contributed by atoms with E-state index in [-0.39, 0.29) is 5.75 Å². The monoisotopic (exact) mass is 294 g/mol. The van der Waals surface area contributed by atoms with Crippen molar-refractivity contribution >= 4 is 44.8 Å². The van der Waals surface area contributed by atoms with Crippen LogP contribution in [-0.4, -0.2) is 15.1 Å². The molecule has 4 rings (SSSR count). The zero-order valence-corrected chi connectivity index (χ0v) is 11.7. The van der Waals surface area contributed by atoms with Gasteiger partial charge in [-0.25, -0.2) is 9.97 Å². The average Bonchev–Trinajstić information content (AvgIpc) is 3.07. The quantitative estimate of drug-likeness (QED) is 0.598. The third-order valence-electron chi connectivity index (χ3n) is 3.07. The molecule has 0 fully saturated rings. The topological polar surface area (TPSA) is 59.2 Å². The van der Waals surface area contributed by atoms with E-state index in [0.29, 0.717) is 5.89 Å². The highest BCUT2D eigenvalue weighted by Gasteiger charge is 2.04. The molecule has 2 aromatic carbocycles. The Morgan fingerprint density at radius 3 is 2.81 bits per heavy atom. The Labute approximate surface area is 124 Å². The zero-order chi connectivity index (χ0) is 14.2. The number of hydrogen-bond donors (Lipinski definition) is 1. The molecule has 5 heteroatoms. The number of fused-ring (bicyclic) bond motifs is 2. The molecule has 102 valence electrons. The van der Waals surface area contributed by atoms with E-state index in [1.54, 1.807) is 24.3 Å². The molecule has 2 heterocycles. The lowest BCUT2D eigenvalue weighted by Crippen LogP contribution is -1.71. The van der Waals surface area contributed by atoms with Gasteiger partial charge in [-0.15, -0.1) is 11.3 Å². The van der Waals surface area contributed by atoms with Gasteiger partial charge >= 0.3 is 0 Å². The van der Waals surface area contributed by atoms with Gasteiger partial charge in [-0.2, -0.15) is 0 Å². The summed E-state index contributed by atoms with van der Waals surface area (Å²) in [6.07, 6.45) is 3.67. The van der Waals surface area contributed by atoms with Crippen LogP contribution in [0.25, 0.3) is 33.5 Å². The number of para-hydroxylation sites is 2. The van der Waals surface area contributed by atoms with Crippen molar-refractivity contribution in [1.29, 1.82) is 0 Å². The third kappa shape index (κ3) is 2.28. The molecule has 21 heavy (non-hydrogen) atoms. The smallest absolute Gasteiger partial charge is 0.220 e. The highest BCUT2D eigenvalue weighted by molar-refractivity contribution is 7.19. The minimum Gasteiger partial charge on any atom is -0.508 e. The highest BCUT2D eigenvalue weighted by atomic mass is 32.1. The first-order valence-corrected chi connectivity index (χ1v) is 7.23. The second-order valence-electron chi connectivity index (χ2n) is 4.56. The number of phenolic OH excluding ortho intramolecular Hbond substituents is 1. The standard InChI is InChI=1S/C16H10N2O2S/c19-10-5-6-12-14(9-10)21-16(18-12)8-7-15-17-11-3-1-2-4-13(11)20-15/h1-9,19H/b8-7+. The molecule has 0 radical (unpaired) electrons. The van der Waals surface area contributed by atoms with E-state index in [1.165, 1.54) is 11.3 Å². The summed E-state index contributed by atoms with van der Waals surface area (Å²) in [5, 5.41) is 10.3. The van der Waals surface area contributed by atoms with Crippen LogP contribution >= 0.6 is 11.3 Å². The molecule has 0 aliphatic rings. The largest absolute Gasteiger partial charge is 0.508 e. The Hall–Kier alpha value is -2.66. The third-order valence-corrected chi connectivity index (χ3v) is 4.05. The van der Waals surface area contributed by atoms with E-state index in [2.05, 4.69) is 9.97 Å². The van der Waals surface area contributed by atoms with Crippen molar-refractivity contribution in [2.24, 2.45) is 0 Å². The van der Waals surface area contributed by atoms with E-state index >= 15 is 0 Å². The predicted molar refractivity (Wildman–Crippen MR) is 84.2 cm³/mol. The Kier molecular flexibility index (Phi) is 2.72. The van der Waals surface area contributed by atoms with Crippen LogP contribution in [0.4, 0.5) is 0 Å². The Balaban J connectivity index is 1.69. The summed E-state index contributed by atoms with van der Waals surface area (Å²) in [6, 6.07) is 12.8. The molecule has 0 amide bonds. The number of aromatic nitrogens is 2. The number of thiazole rings is 1.